The Morgan fingerprint density at radius 1 is 1.09 bits per heavy atom. The van der Waals surface area contributed by atoms with Gasteiger partial charge in [-0.1, -0.05) is 38.1 Å². The van der Waals surface area contributed by atoms with Crippen LogP contribution in [0.1, 0.15) is 80.9 Å². The minimum Gasteiger partial charge on any atom is -0.493 e. The van der Waals surface area contributed by atoms with Crippen molar-refractivity contribution in [2.24, 2.45) is 5.92 Å². The van der Waals surface area contributed by atoms with Gasteiger partial charge in [0.2, 0.25) is 23.4 Å². The van der Waals surface area contributed by atoms with Crippen molar-refractivity contribution in [2.45, 2.75) is 64.2 Å². The zero-order valence-electron chi connectivity index (χ0n) is 20.3. The van der Waals surface area contributed by atoms with Crippen molar-refractivity contribution in [1.29, 1.82) is 0 Å². The predicted molar refractivity (Wildman–Crippen MR) is 130 cm³/mol. The van der Waals surface area contributed by atoms with Gasteiger partial charge in [-0.3, -0.25) is 9.59 Å². The molecule has 5 rings (SSSR count). The number of ether oxygens (including phenoxy) is 1. The van der Waals surface area contributed by atoms with Gasteiger partial charge in [-0.05, 0) is 66.5 Å². The van der Waals surface area contributed by atoms with Crippen molar-refractivity contribution in [3.8, 4) is 16.9 Å². The van der Waals surface area contributed by atoms with Crippen LogP contribution in [0, 0.1) is 5.92 Å². The van der Waals surface area contributed by atoms with Crippen molar-refractivity contribution in [1.82, 2.24) is 15.1 Å². The van der Waals surface area contributed by atoms with Crippen molar-refractivity contribution in [3.63, 3.8) is 0 Å². The maximum absolute atomic E-state index is 13.0. The maximum atomic E-state index is 13.0. The number of anilines is 1. The molecular formula is C27H30N4O4. The quantitative estimate of drug-likeness (QED) is 0.483. The summed E-state index contributed by atoms with van der Waals surface area (Å²) in [7, 11) is 0. The van der Waals surface area contributed by atoms with Crippen LogP contribution in [0.3, 0.4) is 0 Å². The maximum Gasteiger partial charge on any atom is 0.238 e. The summed E-state index contributed by atoms with van der Waals surface area (Å²) in [5.74, 6) is 1.95. The Morgan fingerprint density at radius 2 is 1.89 bits per heavy atom. The number of ketones is 1. The molecule has 0 unspecified atom stereocenters. The van der Waals surface area contributed by atoms with Gasteiger partial charge < -0.3 is 14.6 Å². The lowest BCUT2D eigenvalue weighted by Crippen LogP contribution is -2.14. The van der Waals surface area contributed by atoms with Crippen LogP contribution in [-0.4, -0.2) is 33.4 Å². The summed E-state index contributed by atoms with van der Waals surface area (Å²) in [6.45, 7) is 6.50. The normalized spacial score (nSPS) is 17.7. The van der Waals surface area contributed by atoms with E-state index in [4.69, 9.17) is 9.26 Å². The van der Waals surface area contributed by atoms with Crippen LogP contribution < -0.4 is 10.1 Å². The molecule has 3 aromatic rings. The number of nitrogens with one attached hydrogen (secondary N) is 1. The molecule has 2 aromatic heterocycles. The molecule has 0 bridgehead atoms. The van der Waals surface area contributed by atoms with E-state index in [1.54, 1.807) is 6.20 Å². The number of carbonyl (C=O) groups is 2. The van der Waals surface area contributed by atoms with Gasteiger partial charge in [0.25, 0.3) is 0 Å². The Bertz CT molecular complexity index is 1260. The second-order valence-electron chi connectivity index (χ2n) is 10.4. The van der Waals surface area contributed by atoms with E-state index in [0.717, 1.165) is 48.1 Å². The zero-order chi connectivity index (χ0) is 24.6. The standard InChI is InChI=1S/C27H30N4O4/c1-27(2,3)26-30-24(31-35-26)21(32)13-19-5-4-12-34-22-14-17(8-9-20(19)22)18-10-11-28-23(15-18)29-25(33)16-6-7-16/h8-11,14-16,19H,4-7,12-13H2,1-3H3,(H,28,29,33)/t19-/m1/s1. The molecule has 0 saturated heterocycles. The number of rotatable bonds is 6. The highest BCUT2D eigenvalue weighted by Gasteiger charge is 2.30. The van der Waals surface area contributed by atoms with E-state index in [-0.39, 0.29) is 34.8 Å². The topological polar surface area (TPSA) is 107 Å². The third kappa shape index (κ3) is 5.26. The molecule has 1 fully saturated rings. The smallest absolute Gasteiger partial charge is 0.238 e. The first-order chi connectivity index (χ1) is 16.8. The fraction of sp³-hybridized carbons (Fsp3) is 0.444. The van der Waals surface area contributed by atoms with E-state index in [1.165, 1.54) is 0 Å². The van der Waals surface area contributed by atoms with E-state index in [9.17, 15) is 9.59 Å². The largest absolute Gasteiger partial charge is 0.493 e. The molecule has 8 nitrogen and oxygen atoms in total. The first kappa shape index (κ1) is 23.2. The minimum absolute atomic E-state index is 0.0106. The number of benzene rings is 1. The Kier molecular flexibility index (Phi) is 6.13. The summed E-state index contributed by atoms with van der Waals surface area (Å²) in [5.41, 5.74) is 2.61. The molecule has 0 spiro atoms. The lowest BCUT2D eigenvalue weighted by Gasteiger charge is -2.16. The third-order valence-electron chi connectivity index (χ3n) is 6.45. The number of fused-ring (bicyclic) bond motifs is 1. The number of pyridine rings is 1. The summed E-state index contributed by atoms with van der Waals surface area (Å²) >= 11 is 0. The van der Waals surface area contributed by atoms with Crippen LogP contribution in [0.5, 0.6) is 5.75 Å². The number of nitrogens with zero attached hydrogens (tertiary/aromatic N) is 3. The first-order valence-corrected chi connectivity index (χ1v) is 12.2. The Hall–Kier alpha value is -3.55. The molecule has 182 valence electrons. The third-order valence-corrected chi connectivity index (χ3v) is 6.45. The van der Waals surface area contributed by atoms with Crippen LogP contribution in [0.15, 0.2) is 41.1 Å². The average Bonchev–Trinajstić information content (AvgIpc) is 3.59. The van der Waals surface area contributed by atoms with E-state index >= 15 is 0 Å². The fourth-order valence-corrected chi connectivity index (χ4v) is 4.26. The summed E-state index contributed by atoms with van der Waals surface area (Å²) in [6.07, 6.45) is 5.58. The molecule has 35 heavy (non-hydrogen) atoms. The highest BCUT2D eigenvalue weighted by Crippen LogP contribution is 2.39. The zero-order valence-corrected chi connectivity index (χ0v) is 20.3. The van der Waals surface area contributed by atoms with E-state index in [1.807, 2.05) is 51.1 Å². The molecule has 1 N–H and O–H groups in total. The van der Waals surface area contributed by atoms with E-state index in [0.29, 0.717) is 24.7 Å². The highest BCUT2D eigenvalue weighted by atomic mass is 16.5. The fourth-order valence-electron chi connectivity index (χ4n) is 4.26. The molecule has 3 heterocycles. The number of hydrogen-bond acceptors (Lipinski definition) is 7. The second-order valence-corrected chi connectivity index (χ2v) is 10.4. The number of carbonyl (C=O) groups excluding carboxylic acids is 2. The molecule has 1 atom stereocenters. The summed E-state index contributed by atoms with van der Waals surface area (Å²) in [4.78, 5) is 33.7. The Labute approximate surface area is 204 Å². The van der Waals surface area contributed by atoms with Crippen LogP contribution in [0.25, 0.3) is 11.1 Å². The lowest BCUT2D eigenvalue weighted by atomic mass is 9.88. The van der Waals surface area contributed by atoms with Gasteiger partial charge in [0.05, 0.1) is 6.61 Å². The number of aromatic nitrogens is 3. The van der Waals surface area contributed by atoms with Gasteiger partial charge in [0.1, 0.15) is 11.6 Å². The summed E-state index contributed by atoms with van der Waals surface area (Å²) in [5, 5.41) is 6.83. The van der Waals surface area contributed by atoms with Crippen LogP contribution in [-0.2, 0) is 10.2 Å². The SMILES string of the molecule is CC(C)(C)c1nc(C(=O)C[C@H]2CCCOc3cc(-c4ccnc(NC(=O)C5CC5)c4)ccc32)no1. The second kappa shape index (κ2) is 9.24. The monoisotopic (exact) mass is 474 g/mol. The molecular weight excluding hydrogens is 444 g/mol. The number of amides is 1. The van der Waals surface area contributed by atoms with Crippen molar-refractivity contribution < 1.29 is 18.8 Å². The average molecular weight is 475 g/mol. The molecule has 1 amide bonds. The molecule has 1 saturated carbocycles. The highest BCUT2D eigenvalue weighted by molar-refractivity contribution is 5.94. The Balaban J connectivity index is 1.35. The van der Waals surface area contributed by atoms with Gasteiger partial charge in [-0.25, -0.2) is 4.98 Å². The molecule has 1 aliphatic heterocycles. The van der Waals surface area contributed by atoms with Crippen molar-refractivity contribution in [3.05, 3.63) is 53.8 Å². The lowest BCUT2D eigenvalue weighted by molar-refractivity contribution is -0.117. The van der Waals surface area contributed by atoms with Gasteiger partial charge in [0.15, 0.2) is 0 Å². The van der Waals surface area contributed by atoms with Crippen molar-refractivity contribution in [2.75, 3.05) is 11.9 Å². The van der Waals surface area contributed by atoms with Crippen LogP contribution >= 0.6 is 0 Å². The van der Waals surface area contributed by atoms with Crippen LogP contribution in [0.2, 0.25) is 0 Å². The molecule has 0 radical (unpaired) electrons. The minimum atomic E-state index is -0.307. The molecule has 1 aromatic carbocycles. The van der Waals surface area contributed by atoms with E-state index < -0.39 is 0 Å². The van der Waals surface area contributed by atoms with E-state index in [2.05, 4.69) is 20.4 Å². The number of Topliss-reactive ketones (excluding diaryl/α,β-unsaturated/α-hetero) is 1. The summed E-state index contributed by atoms with van der Waals surface area (Å²) in [6, 6.07) is 9.86. The predicted octanol–water partition coefficient (Wildman–Crippen LogP) is 5.31. The molecule has 8 heteroatoms. The van der Waals surface area contributed by atoms with Crippen molar-refractivity contribution >= 4 is 17.5 Å². The Morgan fingerprint density at radius 3 is 2.63 bits per heavy atom. The summed E-state index contributed by atoms with van der Waals surface area (Å²) < 4.78 is 11.4. The first-order valence-electron chi connectivity index (χ1n) is 12.2. The van der Waals surface area contributed by atoms with Gasteiger partial charge in [0, 0.05) is 24.0 Å². The van der Waals surface area contributed by atoms with Gasteiger partial charge in [-0.15, -0.1) is 0 Å². The van der Waals surface area contributed by atoms with Crippen LogP contribution in [0.4, 0.5) is 5.82 Å². The number of hydrogen-bond donors (Lipinski definition) is 1. The van der Waals surface area contributed by atoms with Gasteiger partial charge >= 0.3 is 0 Å². The molecule has 2 aliphatic rings. The molecule has 1 aliphatic carbocycles. The van der Waals surface area contributed by atoms with Gasteiger partial charge in [-0.2, -0.15) is 4.98 Å².